The third-order valence-corrected chi connectivity index (χ3v) is 5.12. The first kappa shape index (κ1) is 23.0. The van der Waals surface area contributed by atoms with Gasteiger partial charge in [-0.2, -0.15) is 0 Å². The SMILES string of the molecule is C=C(C)C(=O)OCCc1ccc(-c2cccc(C3=CCC(OC(=O)C(=C)C)C=C3)c2)cc1. The number of carbonyl (C=O) groups is 2. The van der Waals surface area contributed by atoms with Gasteiger partial charge < -0.3 is 9.47 Å². The summed E-state index contributed by atoms with van der Waals surface area (Å²) in [6, 6.07) is 16.6. The number of ether oxygens (including phenoxy) is 2. The average Bonchev–Trinajstić information content (AvgIpc) is 2.80. The molecule has 32 heavy (non-hydrogen) atoms. The third kappa shape index (κ3) is 6.17. The molecule has 0 aliphatic heterocycles. The molecule has 1 aliphatic rings. The van der Waals surface area contributed by atoms with Gasteiger partial charge in [0.2, 0.25) is 0 Å². The molecule has 0 radical (unpaired) electrons. The van der Waals surface area contributed by atoms with Crippen LogP contribution in [-0.4, -0.2) is 24.6 Å². The third-order valence-electron chi connectivity index (χ3n) is 5.12. The highest BCUT2D eigenvalue weighted by Gasteiger charge is 2.15. The minimum Gasteiger partial charge on any atom is -0.462 e. The molecule has 0 saturated heterocycles. The van der Waals surface area contributed by atoms with E-state index < -0.39 is 0 Å². The van der Waals surface area contributed by atoms with E-state index in [1.165, 1.54) is 0 Å². The zero-order chi connectivity index (χ0) is 23.1. The summed E-state index contributed by atoms with van der Waals surface area (Å²) in [6.07, 6.45) is 7.04. The van der Waals surface area contributed by atoms with Crippen LogP contribution in [0.25, 0.3) is 16.7 Å². The van der Waals surface area contributed by atoms with E-state index in [1.807, 2.05) is 18.2 Å². The number of hydrogen-bond donors (Lipinski definition) is 0. The van der Waals surface area contributed by atoms with Crippen molar-refractivity contribution in [3.8, 4) is 11.1 Å². The smallest absolute Gasteiger partial charge is 0.333 e. The number of benzene rings is 2. The van der Waals surface area contributed by atoms with Crippen LogP contribution >= 0.6 is 0 Å². The Morgan fingerprint density at radius 1 is 0.938 bits per heavy atom. The molecule has 0 bridgehead atoms. The van der Waals surface area contributed by atoms with Crippen molar-refractivity contribution in [2.24, 2.45) is 0 Å². The lowest BCUT2D eigenvalue weighted by Gasteiger charge is -2.17. The predicted molar refractivity (Wildman–Crippen MR) is 128 cm³/mol. The number of hydrogen-bond acceptors (Lipinski definition) is 4. The maximum absolute atomic E-state index is 11.7. The Bertz CT molecular complexity index is 1090. The second-order valence-corrected chi connectivity index (χ2v) is 7.92. The highest BCUT2D eigenvalue weighted by atomic mass is 16.5. The van der Waals surface area contributed by atoms with Crippen LogP contribution < -0.4 is 0 Å². The number of carbonyl (C=O) groups excluding carboxylic acids is 2. The summed E-state index contributed by atoms with van der Waals surface area (Å²) >= 11 is 0. The molecule has 4 nitrogen and oxygen atoms in total. The summed E-state index contributed by atoms with van der Waals surface area (Å²) in [7, 11) is 0. The molecule has 1 unspecified atom stereocenters. The van der Waals surface area contributed by atoms with Crippen molar-refractivity contribution in [2.75, 3.05) is 6.61 Å². The zero-order valence-electron chi connectivity index (χ0n) is 18.6. The Labute approximate surface area is 189 Å². The van der Waals surface area contributed by atoms with Gasteiger partial charge in [-0.1, -0.05) is 67.8 Å². The predicted octanol–water partition coefficient (Wildman–Crippen LogP) is 5.85. The molecule has 4 heteroatoms. The fourth-order valence-electron chi connectivity index (χ4n) is 3.27. The van der Waals surface area contributed by atoms with Crippen LogP contribution in [0.1, 0.15) is 31.4 Å². The second kappa shape index (κ2) is 10.6. The molecular weight excluding hydrogens is 400 g/mol. The maximum Gasteiger partial charge on any atom is 0.333 e. The Balaban J connectivity index is 1.63. The average molecular weight is 429 g/mol. The zero-order valence-corrected chi connectivity index (χ0v) is 18.6. The lowest BCUT2D eigenvalue weighted by atomic mass is 9.94. The minimum atomic E-state index is -0.365. The quantitative estimate of drug-likeness (QED) is 0.391. The van der Waals surface area contributed by atoms with Gasteiger partial charge in [0.25, 0.3) is 0 Å². The topological polar surface area (TPSA) is 52.6 Å². The molecule has 0 saturated carbocycles. The molecule has 2 aromatic rings. The molecule has 0 heterocycles. The van der Waals surface area contributed by atoms with Gasteiger partial charge in [-0.3, -0.25) is 0 Å². The minimum absolute atomic E-state index is 0.256. The molecule has 0 spiro atoms. The first-order valence-electron chi connectivity index (χ1n) is 10.6. The maximum atomic E-state index is 11.7. The van der Waals surface area contributed by atoms with Crippen molar-refractivity contribution in [3.63, 3.8) is 0 Å². The van der Waals surface area contributed by atoms with Crippen LogP contribution in [0.2, 0.25) is 0 Å². The summed E-state index contributed by atoms with van der Waals surface area (Å²) in [5.74, 6) is -0.722. The fraction of sp³-hybridized carbons (Fsp3) is 0.214. The van der Waals surface area contributed by atoms with E-state index in [2.05, 4.69) is 61.7 Å². The summed E-state index contributed by atoms with van der Waals surface area (Å²) in [5, 5.41) is 0. The van der Waals surface area contributed by atoms with E-state index in [4.69, 9.17) is 9.47 Å². The summed E-state index contributed by atoms with van der Waals surface area (Å²) in [4.78, 5) is 23.2. The molecule has 0 amide bonds. The van der Waals surface area contributed by atoms with Crippen LogP contribution in [0.3, 0.4) is 0 Å². The summed E-state index contributed by atoms with van der Waals surface area (Å²) in [6.45, 7) is 10.8. The van der Waals surface area contributed by atoms with E-state index in [0.717, 1.165) is 27.8 Å². The van der Waals surface area contributed by atoms with E-state index in [9.17, 15) is 9.59 Å². The first-order chi connectivity index (χ1) is 15.3. The van der Waals surface area contributed by atoms with E-state index in [0.29, 0.717) is 30.6 Å². The molecule has 2 aromatic carbocycles. The van der Waals surface area contributed by atoms with Crippen molar-refractivity contribution in [3.05, 3.63) is 102 Å². The van der Waals surface area contributed by atoms with E-state index in [-0.39, 0.29) is 18.0 Å². The van der Waals surface area contributed by atoms with Crippen LogP contribution in [0, 0.1) is 0 Å². The molecule has 0 N–H and O–H groups in total. The van der Waals surface area contributed by atoms with Crippen LogP contribution in [0.15, 0.2) is 91.1 Å². The van der Waals surface area contributed by atoms with Gasteiger partial charge in [-0.25, -0.2) is 9.59 Å². The van der Waals surface area contributed by atoms with Gasteiger partial charge in [-0.15, -0.1) is 0 Å². The largest absolute Gasteiger partial charge is 0.462 e. The molecule has 0 fully saturated rings. The van der Waals surface area contributed by atoms with E-state index >= 15 is 0 Å². The van der Waals surface area contributed by atoms with Crippen molar-refractivity contribution < 1.29 is 19.1 Å². The fourth-order valence-corrected chi connectivity index (χ4v) is 3.27. The lowest BCUT2D eigenvalue weighted by Crippen LogP contribution is -2.17. The number of esters is 2. The molecule has 164 valence electrons. The monoisotopic (exact) mass is 428 g/mol. The summed E-state index contributed by atoms with van der Waals surface area (Å²) in [5.41, 5.74) is 6.36. The molecule has 3 rings (SSSR count). The van der Waals surface area contributed by atoms with Crippen LogP contribution in [0.4, 0.5) is 0 Å². The Morgan fingerprint density at radius 2 is 1.62 bits per heavy atom. The molecular formula is C28H28O4. The molecule has 0 aromatic heterocycles. The molecule has 1 atom stereocenters. The normalized spacial score (nSPS) is 14.9. The van der Waals surface area contributed by atoms with Gasteiger partial charge in [0, 0.05) is 24.0 Å². The highest BCUT2D eigenvalue weighted by molar-refractivity contribution is 5.87. The van der Waals surface area contributed by atoms with E-state index in [1.54, 1.807) is 13.8 Å². The van der Waals surface area contributed by atoms with Crippen LogP contribution in [0.5, 0.6) is 0 Å². The highest BCUT2D eigenvalue weighted by Crippen LogP contribution is 2.28. The van der Waals surface area contributed by atoms with Crippen LogP contribution in [-0.2, 0) is 25.5 Å². The van der Waals surface area contributed by atoms with Gasteiger partial charge in [-0.05, 0) is 53.8 Å². The Hall–Kier alpha value is -3.66. The Morgan fingerprint density at radius 3 is 2.25 bits per heavy atom. The number of allylic oxidation sites excluding steroid dienone is 2. The second-order valence-electron chi connectivity index (χ2n) is 7.92. The van der Waals surface area contributed by atoms with Gasteiger partial charge >= 0.3 is 11.9 Å². The van der Waals surface area contributed by atoms with Crippen molar-refractivity contribution >= 4 is 17.5 Å². The van der Waals surface area contributed by atoms with Gasteiger partial charge in [0.15, 0.2) is 0 Å². The molecule has 1 aliphatic carbocycles. The van der Waals surface area contributed by atoms with Gasteiger partial charge in [0.1, 0.15) is 6.10 Å². The van der Waals surface area contributed by atoms with Gasteiger partial charge in [0.05, 0.1) is 6.61 Å². The van der Waals surface area contributed by atoms with Crippen molar-refractivity contribution in [1.29, 1.82) is 0 Å². The standard InChI is InChI=1S/C28H28O4/c1-19(2)27(29)31-17-16-21-8-10-22(11-9-21)24-6-5-7-25(18-24)23-12-14-26(15-13-23)32-28(30)20(3)4/h5-14,18,26H,1,3,15-17H2,2,4H3. The number of rotatable bonds is 8. The lowest BCUT2D eigenvalue weighted by molar-refractivity contribution is -0.142. The Kier molecular flexibility index (Phi) is 7.61. The van der Waals surface area contributed by atoms with Crippen molar-refractivity contribution in [1.82, 2.24) is 0 Å². The van der Waals surface area contributed by atoms with Crippen molar-refractivity contribution in [2.45, 2.75) is 32.8 Å². The first-order valence-corrected chi connectivity index (χ1v) is 10.6. The summed E-state index contributed by atoms with van der Waals surface area (Å²) < 4.78 is 10.6.